The summed E-state index contributed by atoms with van der Waals surface area (Å²) in [5, 5.41) is 12.5. The van der Waals surface area contributed by atoms with Crippen molar-refractivity contribution >= 4 is 0 Å². The second kappa shape index (κ2) is 5.81. The van der Waals surface area contributed by atoms with Crippen molar-refractivity contribution in [1.29, 1.82) is 5.26 Å². The Morgan fingerprint density at radius 2 is 2.18 bits per heavy atom. The average Bonchev–Trinajstić information content (AvgIpc) is 2.74. The van der Waals surface area contributed by atoms with Gasteiger partial charge in [-0.05, 0) is 33.2 Å². The lowest BCUT2D eigenvalue weighted by atomic mass is 10.1. The van der Waals surface area contributed by atoms with Crippen LogP contribution in [0.2, 0.25) is 0 Å². The van der Waals surface area contributed by atoms with Crippen LogP contribution in [0.1, 0.15) is 26.7 Å². The number of hydrogen-bond acceptors (Lipinski definition) is 4. The summed E-state index contributed by atoms with van der Waals surface area (Å²) in [6.07, 6.45) is 2.69. The number of nitrogens with zero attached hydrogens (tertiary/aromatic N) is 3. The zero-order chi connectivity index (χ0) is 12.3. The lowest BCUT2D eigenvalue weighted by Gasteiger charge is -2.38. The van der Waals surface area contributed by atoms with E-state index in [4.69, 9.17) is 5.26 Å². The van der Waals surface area contributed by atoms with Crippen LogP contribution in [0.4, 0.5) is 0 Å². The highest BCUT2D eigenvalue weighted by Crippen LogP contribution is 2.21. The molecule has 4 heteroatoms. The molecule has 17 heavy (non-hydrogen) atoms. The first kappa shape index (κ1) is 12.8. The maximum absolute atomic E-state index is 9.14. The average molecular weight is 236 g/mol. The Hall–Kier alpha value is -0.630. The molecule has 2 atom stereocenters. The molecule has 0 aromatic carbocycles. The van der Waals surface area contributed by atoms with Crippen molar-refractivity contribution in [2.45, 2.75) is 44.8 Å². The van der Waals surface area contributed by atoms with E-state index < -0.39 is 0 Å². The summed E-state index contributed by atoms with van der Waals surface area (Å²) in [6.45, 7) is 9.80. The van der Waals surface area contributed by atoms with Gasteiger partial charge in [-0.2, -0.15) is 5.26 Å². The summed E-state index contributed by atoms with van der Waals surface area (Å²) in [7, 11) is 0. The molecule has 0 spiro atoms. The molecule has 2 aliphatic rings. The minimum Gasteiger partial charge on any atom is -0.299 e. The largest absolute Gasteiger partial charge is 0.299 e. The maximum Gasteiger partial charge on any atom is 0.108 e. The first-order valence-corrected chi connectivity index (χ1v) is 6.81. The van der Waals surface area contributed by atoms with E-state index in [0.717, 1.165) is 25.7 Å². The van der Waals surface area contributed by atoms with Gasteiger partial charge in [0.2, 0.25) is 0 Å². The van der Waals surface area contributed by atoms with Crippen molar-refractivity contribution in [2.24, 2.45) is 0 Å². The third kappa shape index (κ3) is 3.41. The number of hydrogen-bond donors (Lipinski definition) is 1. The Morgan fingerprint density at radius 1 is 1.35 bits per heavy atom. The van der Waals surface area contributed by atoms with Gasteiger partial charge in [-0.3, -0.25) is 15.1 Å². The molecule has 0 aromatic rings. The fourth-order valence-electron chi connectivity index (χ4n) is 3.01. The van der Waals surface area contributed by atoms with Gasteiger partial charge in [0.05, 0.1) is 6.07 Å². The van der Waals surface area contributed by atoms with Crippen LogP contribution in [0, 0.1) is 11.3 Å². The van der Waals surface area contributed by atoms with Gasteiger partial charge >= 0.3 is 0 Å². The highest BCUT2D eigenvalue weighted by atomic mass is 15.3. The van der Waals surface area contributed by atoms with Crippen LogP contribution in [-0.4, -0.2) is 60.6 Å². The van der Waals surface area contributed by atoms with Crippen molar-refractivity contribution in [3.63, 3.8) is 0 Å². The lowest BCUT2D eigenvalue weighted by Crippen LogP contribution is -2.53. The summed E-state index contributed by atoms with van der Waals surface area (Å²) in [5.41, 5.74) is 0. The van der Waals surface area contributed by atoms with Crippen LogP contribution in [0.5, 0.6) is 0 Å². The van der Waals surface area contributed by atoms with Crippen molar-refractivity contribution in [3.05, 3.63) is 0 Å². The highest BCUT2D eigenvalue weighted by molar-refractivity contribution is 4.95. The number of nitriles is 1. The summed E-state index contributed by atoms with van der Waals surface area (Å²) in [4.78, 5) is 5.06. The molecular formula is C13H24N4. The van der Waals surface area contributed by atoms with Gasteiger partial charge in [-0.25, -0.2) is 0 Å². The molecule has 2 aliphatic heterocycles. The summed E-state index contributed by atoms with van der Waals surface area (Å²) in [5.74, 6) is 0. The minimum atomic E-state index is -0.0250. The van der Waals surface area contributed by atoms with Crippen molar-refractivity contribution in [3.8, 4) is 6.07 Å². The Morgan fingerprint density at radius 3 is 2.88 bits per heavy atom. The standard InChI is InChI=1S/C13H24N4/c1-11(2)15-12(8-14)9-16-6-7-17-5-3-4-13(17)10-16/h11-13,15H,3-7,9-10H2,1-2H3. The molecule has 2 rings (SSSR count). The van der Waals surface area contributed by atoms with Crippen LogP contribution < -0.4 is 5.32 Å². The molecule has 0 saturated carbocycles. The van der Waals surface area contributed by atoms with E-state index >= 15 is 0 Å². The predicted molar refractivity (Wildman–Crippen MR) is 68.7 cm³/mol. The third-order valence-corrected chi connectivity index (χ3v) is 3.80. The summed E-state index contributed by atoms with van der Waals surface area (Å²) < 4.78 is 0. The predicted octanol–water partition coefficient (Wildman–Crippen LogP) is 0.657. The van der Waals surface area contributed by atoms with Gasteiger partial charge < -0.3 is 0 Å². The molecule has 2 heterocycles. The number of nitrogens with one attached hydrogen (secondary N) is 1. The second-order valence-corrected chi connectivity index (χ2v) is 5.59. The Kier molecular flexibility index (Phi) is 4.38. The summed E-state index contributed by atoms with van der Waals surface area (Å²) >= 11 is 0. The Balaban J connectivity index is 1.80. The lowest BCUT2D eigenvalue weighted by molar-refractivity contribution is 0.100. The molecule has 2 saturated heterocycles. The zero-order valence-corrected chi connectivity index (χ0v) is 11.0. The SMILES string of the molecule is CC(C)NC(C#N)CN1CCN2CCCC2C1. The van der Waals surface area contributed by atoms with Crippen molar-refractivity contribution < 1.29 is 0 Å². The first-order valence-electron chi connectivity index (χ1n) is 6.81. The molecule has 96 valence electrons. The maximum atomic E-state index is 9.14. The van der Waals surface area contributed by atoms with E-state index in [9.17, 15) is 0 Å². The molecule has 0 amide bonds. The number of fused-ring (bicyclic) bond motifs is 1. The topological polar surface area (TPSA) is 42.3 Å². The fraction of sp³-hybridized carbons (Fsp3) is 0.923. The van der Waals surface area contributed by atoms with Crippen LogP contribution in [0.3, 0.4) is 0 Å². The fourth-order valence-corrected chi connectivity index (χ4v) is 3.01. The third-order valence-electron chi connectivity index (χ3n) is 3.80. The van der Waals surface area contributed by atoms with E-state index in [1.54, 1.807) is 0 Å². The normalized spacial score (nSPS) is 28.0. The van der Waals surface area contributed by atoms with Crippen LogP contribution >= 0.6 is 0 Å². The van der Waals surface area contributed by atoms with Gasteiger partial charge in [0, 0.05) is 38.3 Å². The smallest absolute Gasteiger partial charge is 0.108 e. The zero-order valence-electron chi connectivity index (χ0n) is 11.0. The number of piperazine rings is 1. The highest BCUT2D eigenvalue weighted by Gasteiger charge is 2.31. The van der Waals surface area contributed by atoms with Gasteiger partial charge in [0.1, 0.15) is 6.04 Å². The van der Waals surface area contributed by atoms with Crippen molar-refractivity contribution in [1.82, 2.24) is 15.1 Å². The van der Waals surface area contributed by atoms with Gasteiger partial charge in [0.15, 0.2) is 0 Å². The molecule has 0 aliphatic carbocycles. The van der Waals surface area contributed by atoms with E-state index in [1.165, 1.54) is 25.9 Å². The Bertz CT molecular complexity index is 284. The first-order chi connectivity index (χ1) is 8.19. The van der Waals surface area contributed by atoms with E-state index in [-0.39, 0.29) is 6.04 Å². The van der Waals surface area contributed by atoms with Crippen LogP contribution in [0.25, 0.3) is 0 Å². The second-order valence-electron chi connectivity index (χ2n) is 5.59. The molecule has 0 aromatic heterocycles. The van der Waals surface area contributed by atoms with Gasteiger partial charge in [-0.15, -0.1) is 0 Å². The molecular weight excluding hydrogens is 212 g/mol. The molecule has 0 bridgehead atoms. The minimum absolute atomic E-state index is 0.0250. The molecule has 1 N–H and O–H groups in total. The number of rotatable bonds is 4. The van der Waals surface area contributed by atoms with Crippen LogP contribution in [-0.2, 0) is 0 Å². The van der Waals surface area contributed by atoms with E-state index in [2.05, 4.69) is 35.0 Å². The Labute approximate surface area is 105 Å². The molecule has 2 unspecified atom stereocenters. The van der Waals surface area contributed by atoms with Gasteiger partial charge in [0.25, 0.3) is 0 Å². The molecule has 4 nitrogen and oxygen atoms in total. The summed E-state index contributed by atoms with van der Waals surface area (Å²) in [6, 6.07) is 3.48. The van der Waals surface area contributed by atoms with Gasteiger partial charge in [-0.1, -0.05) is 0 Å². The molecule has 0 radical (unpaired) electrons. The van der Waals surface area contributed by atoms with Crippen molar-refractivity contribution in [2.75, 3.05) is 32.7 Å². The van der Waals surface area contributed by atoms with Crippen LogP contribution in [0.15, 0.2) is 0 Å². The monoisotopic (exact) mass is 236 g/mol. The quantitative estimate of drug-likeness (QED) is 0.778. The molecule has 2 fully saturated rings. The van der Waals surface area contributed by atoms with E-state index in [0.29, 0.717) is 6.04 Å². The van der Waals surface area contributed by atoms with E-state index in [1.807, 2.05) is 0 Å².